The number of pyridine rings is 1. The first-order valence-corrected chi connectivity index (χ1v) is 10.5. The van der Waals surface area contributed by atoms with E-state index in [0.717, 1.165) is 53.4 Å². The van der Waals surface area contributed by atoms with Crippen LogP contribution >= 0.6 is 0 Å². The monoisotopic (exact) mass is 432 g/mol. The maximum absolute atomic E-state index is 13.1. The fraction of sp³-hybridized carbons (Fsp3) is 0.280. The standard InChI is InChI=1S/C25H24N2O5/c1-15-11-12-20-18(13-15)23(16-7-3-5-9-19(16)26-20)25(30)32-14-22(28)27-24(29)17-8-4-6-10-21(17)31-2/h4,6,8,10-13H,3,5,7,9,14H2,1-2H3,(H,27,28,29). The van der Waals surface area contributed by atoms with Crippen molar-refractivity contribution >= 4 is 28.7 Å². The van der Waals surface area contributed by atoms with Gasteiger partial charge in [-0.3, -0.25) is 19.9 Å². The number of rotatable bonds is 5. The second-order valence-corrected chi connectivity index (χ2v) is 7.79. The van der Waals surface area contributed by atoms with Crippen LogP contribution in [0, 0.1) is 6.92 Å². The maximum Gasteiger partial charge on any atom is 0.339 e. The van der Waals surface area contributed by atoms with Crippen molar-refractivity contribution in [2.75, 3.05) is 13.7 Å². The molecule has 0 saturated carbocycles. The molecule has 3 aromatic rings. The number of imide groups is 1. The highest BCUT2D eigenvalue weighted by molar-refractivity contribution is 6.08. The molecule has 2 aromatic carbocycles. The van der Waals surface area contributed by atoms with Crippen LogP contribution in [-0.4, -0.2) is 36.5 Å². The van der Waals surface area contributed by atoms with Gasteiger partial charge in [-0.2, -0.15) is 0 Å². The number of benzene rings is 2. The van der Waals surface area contributed by atoms with Crippen LogP contribution in [0.15, 0.2) is 42.5 Å². The Labute approximate surface area is 185 Å². The van der Waals surface area contributed by atoms with Crippen molar-refractivity contribution in [3.05, 3.63) is 70.4 Å². The van der Waals surface area contributed by atoms with Crippen LogP contribution in [0.3, 0.4) is 0 Å². The molecule has 0 radical (unpaired) electrons. The van der Waals surface area contributed by atoms with E-state index in [2.05, 4.69) is 5.32 Å². The summed E-state index contributed by atoms with van der Waals surface area (Å²) in [5, 5.41) is 2.96. The minimum Gasteiger partial charge on any atom is -0.496 e. The Balaban J connectivity index is 1.52. The Hall–Kier alpha value is -3.74. The highest BCUT2D eigenvalue weighted by Crippen LogP contribution is 2.30. The second kappa shape index (κ2) is 9.18. The fourth-order valence-corrected chi connectivity index (χ4v) is 4.04. The van der Waals surface area contributed by atoms with Crippen LogP contribution in [0.4, 0.5) is 0 Å². The van der Waals surface area contributed by atoms with Gasteiger partial charge >= 0.3 is 5.97 Å². The third-order valence-electron chi connectivity index (χ3n) is 5.56. The van der Waals surface area contributed by atoms with E-state index in [4.69, 9.17) is 14.5 Å². The molecular formula is C25H24N2O5. The molecule has 164 valence electrons. The smallest absolute Gasteiger partial charge is 0.339 e. The van der Waals surface area contributed by atoms with Crippen molar-refractivity contribution in [3.8, 4) is 5.75 Å². The van der Waals surface area contributed by atoms with Gasteiger partial charge in [-0.15, -0.1) is 0 Å². The van der Waals surface area contributed by atoms with Gasteiger partial charge in [0, 0.05) is 11.1 Å². The molecule has 7 nitrogen and oxygen atoms in total. The number of aromatic nitrogens is 1. The molecule has 7 heteroatoms. The predicted octanol–water partition coefficient (Wildman–Crippen LogP) is 3.54. The Morgan fingerprint density at radius 1 is 1.06 bits per heavy atom. The lowest BCUT2D eigenvalue weighted by atomic mass is 9.89. The lowest BCUT2D eigenvalue weighted by Gasteiger charge is -2.20. The average molecular weight is 432 g/mol. The lowest BCUT2D eigenvalue weighted by Crippen LogP contribution is -2.34. The molecule has 1 aromatic heterocycles. The van der Waals surface area contributed by atoms with E-state index in [1.54, 1.807) is 24.3 Å². The second-order valence-electron chi connectivity index (χ2n) is 7.79. The van der Waals surface area contributed by atoms with E-state index in [0.29, 0.717) is 11.3 Å². The number of amides is 2. The van der Waals surface area contributed by atoms with Gasteiger partial charge in [-0.1, -0.05) is 23.8 Å². The largest absolute Gasteiger partial charge is 0.496 e. The SMILES string of the molecule is COc1ccccc1C(=O)NC(=O)COC(=O)c1c2c(nc3ccc(C)cc13)CCCC2. The zero-order chi connectivity index (χ0) is 22.7. The summed E-state index contributed by atoms with van der Waals surface area (Å²) in [5.74, 6) is -1.57. The number of nitrogens with zero attached hydrogens (tertiary/aromatic N) is 1. The summed E-state index contributed by atoms with van der Waals surface area (Å²) in [6.07, 6.45) is 3.56. The molecule has 1 heterocycles. The topological polar surface area (TPSA) is 94.6 Å². The zero-order valence-electron chi connectivity index (χ0n) is 18.1. The lowest BCUT2D eigenvalue weighted by molar-refractivity contribution is -0.123. The van der Waals surface area contributed by atoms with Gasteiger partial charge in [-0.05, 0) is 62.4 Å². The summed E-state index contributed by atoms with van der Waals surface area (Å²) < 4.78 is 10.5. The summed E-state index contributed by atoms with van der Waals surface area (Å²) in [6.45, 7) is 1.38. The van der Waals surface area contributed by atoms with Crippen LogP contribution in [0.25, 0.3) is 10.9 Å². The highest BCUT2D eigenvalue weighted by atomic mass is 16.5. The number of aryl methyl sites for hydroxylation is 2. The molecule has 4 rings (SSSR count). The van der Waals surface area contributed by atoms with Crippen LogP contribution in [-0.2, 0) is 22.4 Å². The Bertz CT molecular complexity index is 1220. The molecule has 0 spiro atoms. The molecule has 1 N–H and O–H groups in total. The van der Waals surface area contributed by atoms with Crippen molar-refractivity contribution < 1.29 is 23.9 Å². The third kappa shape index (κ3) is 4.32. The van der Waals surface area contributed by atoms with E-state index >= 15 is 0 Å². The number of para-hydroxylation sites is 1. The quantitative estimate of drug-likeness (QED) is 0.620. The highest BCUT2D eigenvalue weighted by Gasteiger charge is 2.24. The average Bonchev–Trinajstić information content (AvgIpc) is 2.81. The molecule has 0 fully saturated rings. The van der Waals surface area contributed by atoms with E-state index in [1.165, 1.54) is 7.11 Å². The minimum atomic E-state index is -0.710. The van der Waals surface area contributed by atoms with Crippen molar-refractivity contribution in [2.45, 2.75) is 32.6 Å². The van der Waals surface area contributed by atoms with E-state index in [9.17, 15) is 14.4 Å². The van der Waals surface area contributed by atoms with Gasteiger partial charge < -0.3 is 9.47 Å². The Morgan fingerprint density at radius 2 is 1.84 bits per heavy atom. The number of methoxy groups -OCH3 is 1. The van der Waals surface area contributed by atoms with Gasteiger partial charge in [-0.25, -0.2) is 4.79 Å². The number of hydrogen-bond acceptors (Lipinski definition) is 6. The molecule has 0 aliphatic heterocycles. The first-order chi connectivity index (χ1) is 15.5. The number of esters is 1. The van der Waals surface area contributed by atoms with Gasteiger partial charge in [0.1, 0.15) is 5.75 Å². The summed E-state index contributed by atoms with van der Waals surface area (Å²) in [4.78, 5) is 42.5. The molecular weight excluding hydrogens is 408 g/mol. The van der Waals surface area contributed by atoms with Crippen LogP contribution in [0.5, 0.6) is 5.75 Å². The van der Waals surface area contributed by atoms with Crippen molar-refractivity contribution in [1.29, 1.82) is 0 Å². The molecule has 32 heavy (non-hydrogen) atoms. The number of carbonyl (C=O) groups excluding carboxylic acids is 3. The van der Waals surface area contributed by atoms with Crippen molar-refractivity contribution in [1.82, 2.24) is 10.3 Å². The first-order valence-electron chi connectivity index (χ1n) is 10.5. The van der Waals surface area contributed by atoms with Crippen molar-refractivity contribution in [2.24, 2.45) is 0 Å². The fourth-order valence-electron chi connectivity index (χ4n) is 4.04. The molecule has 0 bridgehead atoms. The number of ether oxygens (including phenoxy) is 2. The zero-order valence-corrected chi connectivity index (χ0v) is 18.1. The summed E-state index contributed by atoms with van der Waals surface area (Å²) in [7, 11) is 1.44. The molecule has 0 unspecified atom stereocenters. The maximum atomic E-state index is 13.1. The molecule has 0 saturated heterocycles. The molecule has 1 aliphatic carbocycles. The number of hydrogen-bond donors (Lipinski definition) is 1. The van der Waals surface area contributed by atoms with Gasteiger partial charge in [0.15, 0.2) is 6.61 Å². The van der Waals surface area contributed by atoms with Crippen LogP contribution < -0.4 is 10.1 Å². The van der Waals surface area contributed by atoms with Crippen LogP contribution in [0.1, 0.15) is 50.4 Å². The van der Waals surface area contributed by atoms with E-state index < -0.39 is 24.4 Å². The molecule has 1 aliphatic rings. The normalized spacial score (nSPS) is 12.7. The van der Waals surface area contributed by atoms with Crippen LogP contribution in [0.2, 0.25) is 0 Å². The summed E-state index contributed by atoms with van der Waals surface area (Å²) >= 11 is 0. The van der Waals surface area contributed by atoms with E-state index in [1.807, 2.05) is 25.1 Å². The number of fused-ring (bicyclic) bond motifs is 2. The minimum absolute atomic E-state index is 0.222. The van der Waals surface area contributed by atoms with Gasteiger partial charge in [0.25, 0.3) is 11.8 Å². The number of carbonyl (C=O) groups is 3. The van der Waals surface area contributed by atoms with Crippen molar-refractivity contribution in [3.63, 3.8) is 0 Å². The Morgan fingerprint density at radius 3 is 2.66 bits per heavy atom. The number of nitrogens with one attached hydrogen (secondary N) is 1. The van der Waals surface area contributed by atoms with E-state index in [-0.39, 0.29) is 5.56 Å². The molecule has 2 amide bonds. The van der Waals surface area contributed by atoms with Gasteiger partial charge in [0.2, 0.25) is 0 Å². The third-order valence-corrected chi connectivity index (χ3v) is 5.56. The molecule has 0 atom stereocenters. The Kier molecular flexibility index (Phi) is 6.16. The predicted molar refractivity (Wildman–Crippen MR) is 119 cm³/mol. The summed E-state index contributed by atoms with van der Waals surface area (Å²) in [6, 6.07) is 12.3. The summed E-state index contributed by atoms with van der Waals surface area (Å²) in [5.41, 5.74) is 4.24. The first kappa shape index (κ1) is 21.5. The van der Waals surface area contributed by atoms with Gasteiger partial charge in [0.05, 0.1) is 23.8 Å².